The summed E-state index contributed by atoms with van der Waals surface area (Å²) in [5, 5.41) is 4.06. The van der Waals surface area contributed by atoms with Gasteiger partial charge in [-0.25, -0.2) is 0 Å². The predicted molar refractivity (Wildman–Crippen MR) is 72.4 cm³/mol. The topological polar surface area (TPSA) is 47.9 Å². The van der Waals surface area contributed by atoms with E-state index < -0.39 is 41.4 Å². The molecule has 5 heteroatoms. The van der Waals surface area contributed by atoms with Gasteiger partial charge in [-0.05, 0) is 12.1 Å². The highest BCUT2D eigenvalue weighted by Crippen LogP contribution is 2.22. The second kappa shape index (κ2) is 4.72. The molecule has 0 fully saturated rings. The van der Waals surface area contributed by atoms with E-state index in [2.05, 4.69) is 9.46 Å². The number of para-hydroxylation sites is 1. The Bertz CT molecular complexity index is 827. The Morgan fingerprint density at radius 2 is 1.83 bits per heavy atom. The zero-order valence-corrected chi connectivity index (χ0v) is 9.86. The average molecular weight is 261 g/mol. The fourth-order valence-electron chi connectivity index (χ4n) is 1.41. The SMILES string of the molecule is [2H]c1c([2H])c([2H])c(C2=NN(c3ccccc3)S([O])=N2)c([2H])c1[2H]. The van der Waals surface area contributed by atoms with E-state index in [4.69, 9.17) is 6.85 Å². The molecule has 89 valence electrons. The molecule has 0 aliphatic carbocycles. The molecule has 0 N–H and O–H groups in total. The van der Waals surface area contributed by atoms with Crippen LogP contribution in [0.1, 0.15) is 12.4 Å². The van der Waals surface area contributed by atoms with Crippen molar-refractivity contribution < 1.29 is 11.4 Å². The monoisotopic (exact) mass is 261 g/mol. The van der Waals surface area contributed by atoms with Crippen LogP contribution in [-0.4, -0.2) is 5.84 Å². The molecule has 4 nitrogen and oxygen atoms in total. The van der Waals surface area contributed by atoms with E-state index in [1.807, 2.05) is 0 Å². The zero-order valence-electron chi connectivity index (χ0n) is 14.0. The lowest BCUT2D eigenvalue weighted by Crippen LogP contribution is -2.13. The lowest BCUT2D eigenvalue weighted by molar-refractivity contribution is 0.517. The fourth-order valence-corrected chi connectivity index (χ4v) is 2.22. The molecule has 1 unspecified atom stereocenters. The highest BCUT2D eigenvalue weighted by Gasteiger charge is 2.20. The number of nitrogens with zero attached hydrogens (tertiary/aromatic N) is 3. The van der Waals surface area contributed by atoms with E-state index in [-0.39, 0.29) is 11.4 Å². The fraction of sp³-hybridized carbons (Fsp3) is 0. The van der Waals surface area contributed by atoms with E-state index >= 15 is 0 Å². The summed E-state index contributed by atoms with van der Waals surface area (Å²) in [5.74, 6) is -0.149. The Kier molecular flexibility index (Phi) is 1.79. The van der Waals surface area contributed by atoms with Crippen LogP contribution in [0.2, 0.25) is 0 Å². The summed E-state index contributed by atoms with van der Waals surface area (Å²) >= 11 is -1.86. The number of amidine groups is 1. The van der Waals surface area contributed by atoms with Gasteiger partial charge in [-0.1, -0.05) is 48.4 Å². The van der Waals surface area contributed by atoms with Gasteiger partial charge in [-0.2, -0.15) is 8.78 Å². The van der Waals surface area contributed by atoms with Crippen molar-refractivity contribution in [3.8, 4) is 0 Å². The largest absolute Gasteiger partial charge is 0.199 e. The van der Waals surface area contributed by atoms with Gasteiger partial charge in [0, 0.05) is 5.56 Å². The van der Waals surface area contributed by atoms with E-state index in [1.54, 1.807) is 30.3 Å². The molecule has 1 aliphatic rings. The molecule has 0 amide bonds. The second-order valence-corrected chi connectivity index (χ2v) is 4.34. The third-order valence-electron chi connectivity index (χ3n) is 2.20. The molecule has 0 bridgehead atoms. The van der Waals surface area contributed by atoms with Crippen LogP contribution in [0.15, 0.2) is 70.0 Å². The molecule has 1 heterocycles. The Morgan fingerprint density at radius 1 is 1.11 bits per heavy atom. The molecule has 0 saturated carbocycles. The van der Waals surface area contributed by atoms with Gasteiger partial charge in [0.05, 0.1) is 12.5 Å². The van der Waals surface area contributed by atoms with Gasteiger partial charge >= 0.3 is 0 Å². The van der Waals surface area contributed by atoms with Gasteiger partial charge in [-0.3, -0.25) is 0 Å². The molecular formula is C13H10N3OS. The lowest BCUT2D eigenvalue weighted by Gasteiger charge is -2.10. The van der Waals surface area contributed by atoms with Crippen molar-refractivity contribution in [3.05, 3.63) is 66.1 Å². The molecule has 1 atom stereocenters. The molecule has 0 spiro atoms. The molecule has 1 aliphatic heterocycles. The van der Waals surface area contributed by atoms with Crippen molar-refractivity contribution in [2.24, 2.45) is 9.46 Å². The molecule has 18 heavy (non-hydrogen) atoms. The minimum Gasteiger partial charge on any atom is -0.169 e. The van der Waals surface area contributed by atoms with Crippen LogP contribution in [0, 0.1) is 0 Å². The van der Waals surface area contributed by atoms with Gasteiger partial charge in [-0.15, -0.1) is 9.65 Å². The maximum Gasteiger partial charge on any atom is 0.199 e. The Balaban J connectivity index is 2.15. The maximum atomic E-state index is 12.1. The standard InChI is InChI=1S/C13H10N3OS/c17-18-15-13(11-7-3-1-4-8-11)14-16(18)12-9-5-2-6-10-12/h1-10H/i1D,3D,4D,7D,8D. The maximum absolute atomic E-state index is 12.1. The third-order valence-corrected chi connectivity index (χ3v) is 3.12. The molecule has 0 saturated heterocycles. The molecule has 3 rings (SSSR count). The number of anilines is 1. The van der Waals surface area contributed by atoms with E-state index in [0.717, 1.165) is 4.41 Å². The zero-order chi connectivity index (χ0) is 16.7. The number of hydrogen-bond acceptors (Lipinski definition) is 3. The highest BCUT2D eigenvalue weighted by molar-refractivity contribution is 7.83. The summed E-state index contributed by atoms with van der Waals surface area (Å²) < 4.78 is 55.8. The first-order valence-corrected chi connectivity index (χ1v) is 6.13. The minimum absolute atomic E-state index is 0.149. The summed E-state index contributed by atoms with van der Waals surface area (Å²) in [6.07, 6.45) is 0. The Hall–Kier alpha value is -1.98. The summed E-state index contributed by atoms with van der Waals surface area (Å²) in [4.78, 5) is 0. The summed E-state index contributed by atoms with van der Waals surface area (Å²) in [7, 11) is 0. The van der Waals surface area contributed by atoms with Gasteiger partial charge in [0.2, 0.25) is 0 Å². The first-order chi connectivity index (χ1) is 10.9. The van der Waals surface area contributed by atoms with Crippen LogP contribution in [-0.2, 0) is 15.7 Å². The van der Waals surface area contributed by atoms with Crippen LogP contribution < -0.4 is 4.41 Å². The predicted octanol–water partition coefficient (Wildman–Crippen LogP) is 2.93. The van der Waals surface area contributed by atoms with Crippen LogP contribution in [0.3, 0.4) is 0 Å². The van der Waals surface area contributed by atoms with Gasteiger partial charge in [0.25, 0.3) is 0 Å². The van der Waals surface area contributed by atoms with Crippen LogP contribution >= 0.6 is 0 Å². The summed E-state index contributed by atoms with van der Waals surface area (Å²) in [6.45, 7) is 0. The second-order valence-electron chi connectivity index (χ2n) is 3.35. The molecule has 1 radical (unpaired) electrons. The number of hydrogen-bond donors (Lipinski definition) is 0. The Morgan fingerprint density at radius 3 is 2.56 bits per heavy atom. The smallest absolute Gasteiger partial charge is 0.169 e. The van der Waals surface area contributed by atoms with Crippen molar-refractivity contribution >= 4 is 22.7 Å². The quantitative estimate of drug-likeness (QED) is 0.820. The van der Waals surface area contributed by atoms with E-state index in [0.29, 0.717) is 5.69 Å². The molecule has 2 aromatic rings. The van der Waals surface area contributed by atoms with Crippen molar-refractivity contribution in [1.29, 1.82) is 0 Å². The molecule has 0 aromatic heterocycles. The van der Waals surface area contributed by atoms with E-state index in [9.17, 15) is 4.55 Å². The van der Waals surface area contributed by atoms with E-state index in [1.165, 1.54) is 0 Å². The highest BCUT2D eigenvalue weighted by atomic mass is 32.2. The van der Waals surface area contributed by atoms with Gasteiger partial charge < -0.3 is 0 Å². The minimum atomic E-state index is -1.86. The average Bonchev–Trinajstić information content (AvgIpc) is 2.93. The normalized spacial score (nSPS) is 22.3. The van der Waals surface area contributed by atoms with Crippen LogP contribution in [0.4, 0.5) is 5.69 Å². The summed E-state index contributed by atoms with van der Waals surface area (Å²) in [5.41, 5.74) is 0.361. The molecular weight excluding hydrogens is 246 g/mol. The van der Waals surface area contributed by atoms with Crippen LogP contribution in [0.5, 0.6) is 0 Å². The first-order valence-electron chi connectivity index (χ1n) is 7.56. The number of benzene rings is 2. The Labute approximate surface area is 115 Å². The lowest BCUT2D eigenvalue weighted by atomic mass is 10.2. The van der Waals surface area contributed by atoms with Crippen molar-refractivity contribution in [1.82, 2.24) is 0 Å². The summed E-state index contributed by atoms with van der Waals surface area (Å²) in [6, 6.07) is 6.32. The molecule has 2 aromatic carbocycles. The van der Waals surface area contributed by atoms with Crippen molar-refractivity contribution in [2.75, 3.05) is 4.41 Å². The number of hydrazone groups is 1. The van der Waals surface area contributed by atoms with Crippen molar-refractivity contribution in [2.45, 2.75) is 0 Å². The van der Waals surface area contributed by atoms with Crippen LogP contribution in [0.25, 0.3) is 0 Å². The van der Waals surface area contributed by atoms with Gasteiger partial charge in [0.1, 0.15) is 0 Å². The van der Waals surface area contributed by atoms with Gasteiger partial charge in [0.15, 0.2) is 17.0 Å². The van der Waals surface area contributed by atoms with Crippen molar-refractivity contribution in [3.63, 3.8) is 0 Å². The number of rotatable bonds is 2. The third kappa shape index (κ3) is 2.05. The first kappa shape index (κ1) is 6.82.